The number of likely N-dealkylation sites (N-methyl/N-ethyl adjacent to an activating group) is 1. The smallest absolute Gasteiger partial charge is 0.328 e. The van der Waals surface area contributed by atoms with Gasteiger partial charge in [0.05, 0.1) is 0 Å². The van der Waals surface area contributed by atoms with E-state index < -0.39 is 11.5 Å². The minimum Gasteiger partial charge on any atom is -0.480 e. The largest absolute Gasteiger partial charge is 0.480 e. The van der Waals surface area contributed by atoms with Crippen molar-refractivity contribution in [3.8, 4) is 0 Å². The Morgan fingerprint density at radius 2 is 1.83 bits per heavy atom. The topological polar surface area (TPSA) is 40.5 Å². The summed E-state index contributed by atoms with van der Waals surface area (Å²) in [7, 11) is 1.94. The first-order valence-corrected chi connectivity index (χ1v) is 6.58. The Kier molecular flexibility index (Phi) is 3.71. The van der Waals surface area contributed by atoms with E-state index in [-0.39, 0.29) is 0 Å². The molecule has 18 heavy (non-hydrogen) atoms. The molecule has 1 unspecified atom stereocenters. The maximum absolute atomic E-state index is 11.8. The summed E-state index contributed by atoms with van der Waals surface area (Å²) in [6.07, 6.45) is 4.62. The normalized spacial score (nSPS) is 19.9. The van der Waals surface area contributed by atoms with Crippen LogP contribution in [-0.2, 0) is 10.3 Å². The van der Waals surface area contributed by atoms with Crippen LogP contribution in [0.3, 0.4) is 0 Å². The quantitative estimate of drug-likeness (QED) is 0.889. The van der Waals surface area contributed by atoms with Gasteiger partial charge in [-0.3, -0.25) is 4.90 Å². The fourth-order valence-electron chi connectivity index (χ4n) is 2.90. The van der Waals surface area contributed by atoms with Crippen molar-refractivity contribution in [1.82, 2.24) is 4.90 Å². The van der Waals surface area contributed by atoms with Crippen molar-refractivity contribution in [3.05, 3.63) is 35.9 Å². The number of hydrogen-bond donors (Lipinski definition) is 1. The maximum atomic E-state index is 11.8. The molecule has 1 fully saturated rings. The highest BCUT2D eigenvalue weighted by Gasteiger charge is 2.42. The summed E-state index contributed by atoms with van der Waals surface area (Å²) in [5.41, 5.74) is -0.0806. The van der Waals surface area contributed by atoms with Crippen LogP contribution in [0.15, 0.2) is 30.3 Å². The molecular formula is C15H21NO2. The average molecular weight is 247 g/mol. The zero-order valence-electron chi connectivity index (χ0n) is 11.1. The predicted octanol–water partition coefficient (Wildman–Crippen LogP) is 2.86. The van der Waals surface area contributed by atoms with Crippen LogP contribution in [0.1, 0.15) is 38.2 Å². The summed E-state index contributed by atoms with van der Waals surface area (Å²) in [5.74, 6) is -0.775. The lowest BCUT2D eigenvalue weighted by Crippen LogP contribution is -2.51. The number of aliphatic carboxylic acids is 1. The van der Waals surface area contributed by atoms with Crippen LogP contribution in [0.2, 0.25) is 0 Å². The summed E-state index contributed by atoms with van der Waals surface area (Å²) in [5, 5.41) is 9.68. The third kappa shape index (κ3) is 2.15. The first-order chi connectivity index (χ1) is 8.56. The molecule has 0 amide bonds. The van der Waals surface area contributed by atoms with Crippen LogP contribution in [0.5, 0.6) is 0 Å². The van der Waals surface area contributed by atoms with Gasteiger partial charge in [0.2, 0.25) is 0 Å². The molecule has 1 N–H and O–H groups in total. The number of carboxylic acid groups (broad SMARTS) is 1. The molecule has 0 spiro atoms. The Morgan fingerprint density at radius 3 is 2.33 bits per heavy atom. The van der Waals surface area contributed by atoms with Gasteiger partial charge in [-0.15, -0.1) is 0 Å². The second-order valence-electron chi connectivity index (χ2n) is 5.29. The Morgan fingerprint density at radius 1 is 1.28 bits per heavy atom. The second-order valence-corrected chi connectivity index (χ2v) is 5.29. The maximum Gasteiger partial charge on any atom is 0.328 e. The Hall–Kier alpha value is -1.35. The predicted molar refractivity (Wildman–Crippen MR) is 71.4 cm³/mol. The third-order valence-corrected chi connectivity index (χ3v) is 4.33. The molecular weight excluding hydrogens is 226 g/mol. The number of carbonyl (C=O) groups is 1. The van der Waals surface area contributed by atoms with Gasteiger partial charge in [-0.2, -0.15) is 0 Å². The van der Waals surface area contributed by atoms with Crippen molar-refractivity contribution < 1.29 is 9.90 Å². The molecule has 3 heteroatoms. The highest BCUT2D eigenvalue weighted by atomic mass is 16.4. The van der Waals surface area contributed by atoms with E-state index in [1.165, 1.54) is 12.8 Å². The van der Waals surface area contributed by atoms with Crippen molar-refractivity contribution in [3.63, 3.8) is 0 Å². The van der Waals surface area contributed by atoms with Crippen molar-refractivity contribution in [2.24, 2.45) is 0 Å². The van der Waals surface area contributed by atoms with Gasteiger partial charge < -0.3 is 5.11 Å². The first kappa shape index (κ1) is 13.1. The van der Waals surface area contributed by atoms with Crippen LogP contribution in [0.4, 0.5) is 0 Å². The zero-order valence-corrected chi connectivity index (χ0v) is 11.1. The van der Waals surface area contributed by atoms with E-state index in [1.807, 2.05) is 49.2 Å². The summed E-state index contributed by atoms with van der Waals surface area (Å²) in [6.45, 7) is 1.81. The van der Waals surface area contributed by atoms with E-state index in [2.05, 4.69) is 0 Å². The van der Waals surface area contributed by atoms with E-state index >= 15 is 0 Å². The Bertz CT molecular complexity index is 412. The highest BCUT2D eigenvalue weighted by molar-refractivity contribution is 5.80. The molecule has 3 nitrogen and oxygen atoms in total. The van der Waals surface area contributed by atoms with Gasteiger partial charge in [-0.25, -0.2) is 4.79 Å². The van der Waals surface area contributed by atoms with Crippen molar-refractivity contribution in [2.75, 3.05) is 7.05 Å². The standard InChI is InChI=1S/C15H21NO2/c1-15(14(17)18,12-8-4-3-5-9-12)16(2)13-10-6-7-11-13/h3-5,8-9,13H,6-7,10-11H2,1-2H3,(H,17,18). The summed E-state index contributed by atoms with van der Waals surface area (Å²) >= 11 is 0. The molecule has 1 aromatic rings. The molecule has 1 aliphatic carbocycles. The molecule has 0 radical (unpaired) electrons. The van der Waals surface area contributed by atoms with Crippen LogP contribution in [-0.4, -0.2) is 29.1 Å². The fourth-order valence-corrected chi connectivity index (χ4v) is 2.90. The lowest BCUT2D eigenvalue weighted by atomic mass is 9.89. The van der Waals surface area contributed by atoms with Gasteiger partial charge in [0.15, 0.2) is 0 Å². The van der Waals surface area contributed by atoms with Crippen LogP contribution < -0.4 is 0 Å². The van der Waals surface area contributed by atoms with Gasteiger partial charge in [-0.05, 0) is 32.4 Å². The zero-order chi connectivity index (χ0) is 13.2. The molecule has 1 aliphatic rings. The summed E-state index contributed by atoms with van der Waals surface area (Å²) in [4.78, 5) is 13.8. The molecule has 0 heterocycles. The number of nitrogens with zero attached hydrogens (tertiary/aromatic N) is 1. The van der Waals surface area contributed by atoms with E-state index in [0.29, 0.717) is 6.04 Å². The first-order valence-electron chi connectivity index (χ1n) is 6.58. The van der Waals surface area contributed by atoms with E-state index in [9.17, 15) is 9.90 Å². The van der Waals surface area contributed by atoms with E-state index in [1.54, 1.807) is 0 Å². The molecule has 0 saturated heterocycles. The van der Waals surface area contributed by atoms with Gasteiger partial charge in [-0.1, -0.05) is 43.2 Å². The van der Waals surface area contributed by atoms with Crippen molar-refractivity contribution in [1.29, 1.82) is 0 Å². The van der Waals surface area contributed by atoms with E-state index in [0.717, 1.165) is 18.4 Å². The summed E-state index contributed by atoms with van der Waals surface area (Å²) in [6, 6.07) is 9.91. The minimum atomic E-state index is -0.934. The molecule has 0 aromatic heterocycles. The number of benzene rings is 1. The SMILES string of the molecule is CN(C1CCCC1)C(C)(C(=O)O)c1ccccc1. The van der Waals surface area contributed by atoms with Gasteiger partial charge in [0.25, 0.3) is 0 Å². The lowest BCUT2D eigenvalue weighted by molar-refractivity contribution is -0.152. The average Bonchev–Trinajstić information content (AvgIpc) is 2.91. The lowest BCUT2D eigenvalue weighted by Gasteiger charge is -2.39. The highest BCUT2D eigenvalue weighted by Crippen LogP contribution is 2.34. The van der Waals surface area contributed by atoms with Crippen molar-refractivity contribution in [2.45, 2.75) is 44.2 Å². The van der Waals surface area contributed by atoms with Crippen LogP contribution in [0, 0.1) is 0 Å². The third-order valence-electron chi connectivity index (χ3n) is 4.33. The number of rotatable bonds is 4. The Labute approximate surface area is 108 Å². The number of carboxylic acids is 1. The van der Waals surface area contributed by atoms with Crippen LogP contribution >= 0.6 is 0 Å². The molecule has 1 saturated carbocycles. The van der Waals surface area contributed by atoms with Crippen molar-refractivity contribution >= 4 is 5.97 Å². The van der Waals surface area contributed by atoms with Gasteiger partial charge in [0.1, 0.15) is 5.54 Å². The molecule has 1 aromatic carbocycles. The Balaban J connectivity index is 2.34. The molecule has 98 valence electrons. The minimum absolute atomic E-state index is 0.381. The van der Waals surface area contributed by atoms with Gasteiger partial charge in [0, 0.05) is 6.04 Å². The van der Waals surface area contributed by atoms with Gasteiger partial charge >= 0.3 is 5.97 Å². The molecule has 1 atom stereocenters. The summed E-state index contributed by atoms with van der Waals surface area (Å²) < 4.78 is 0. The van der Waals surface area contributed by atoms with E-state index in [4.69, 9.17) is 0 Å². The molecule has 0 bridgehead atoms. The molecule has 2 rings (SSSR count). The fraction of sp³-hybridized carbons (Fsp3) is 0.533. The molecule has 0 aliphatic heterocycles. The second kappa shape index (κ2) is 5.11. The van der Waals surface area contributed by atoms with Crippen LogP contribution in [0.25, 0.3) is 0 Å². The number of hydrogen-bond acceptors (Lipinski definition) is 2. The monoisotopic (exact) mass is 247 g/mol.